The summed E-state index contributed by atoms with van der Waals surface area (Å²) in [5, 5.41) is 12.5. The molecule has 0 amide bonds. The molecule has 0 N–H and O–H groups in total. The maximum absolute atomic E-state index is 11.8. The Hall–Kier alpha value is -2.32. The fraction of sp³-hybridized carbons (Fsp3) is 0.176. The van der Waals surface area contributed by atoms with Crippen LogP contribution in [0.1, 0.15) is 5.56 Å². The first-order valence-corrected chi connectivity index (χ1v) is 10.0. The SMILES string of the molecule is Cc1ccc(N(Sc2ccccc2[N+](=O)[O-])C2C=CS(=O)(=O)C2)cc1. The Labute approximate surface area is 150 Å². The molecule has 1 aliphatic rings. The summed E-state index contributed by atoms with van der Waals surface area (Å²) in [6.07, 6.45) is 1.62. The molecule has 1 atom stereocenters. The van der Waals surface area contributed by atoms with Crippen molar-refractivity contribution < 1.29 is 13.3 Å². The highest BCUT2D eigenvalue weighted by atomic mass is 32.2. The summed E-state index contributed by atoms with van der Waals surface area (Å²) < 4.78 is 25.5. The molecule has 0 aliphatic carbocycles. The van der Waals surface area contributed by atoms with E-state index in [1.54, 1.807) is 24.3 Å². The highest BCUT2D eigenvalue weighted by molar-refractivity contribution is 8.01. The van der Waals surface area contributed by atoms with Gasteiger partial charge in [0.15, 0.2) is 9.84 Å². The van der Waals surface area contributed by atoms with Crippen molar-refractivity contribution in [3.05, 3.63) is 75.7 Å². The lowest BCUT2D eigenvalue weighted by molar-refractivity contribution is -0.387. The molecule has 130 valence electrons. The lowest BCUT2D eigenvalue weighted by Gasteiger charge is -2.28. The average Bonchev–Trinajstić information content (AvgIpc) is 2.93. The Balaban J connectivity index is 1.99. The van der Waals surface area contributed by atoms with E-state index in [9.17, 15) is 18.5 Å². The first-order valence-electron chi connectivity index (χ1n) is 7.54. The number of nitro groups is 1. The van der Waals surface area contributed by atoms with E-state index in [4.69, 9.17) is 0 Å². The van der Waals surface area contributed by atoms with Crippen molar-refractivity contribution in [1.29, 1.82) is 0 Å². The maximum Gasteiger partial charge on any atom is 0.284 e. The lowest BCUT2D eigenvalue weighted by Crippen LogP contribution is -2.30. The van der Waals surface area contributed by atoms with Gasteiger partial charge in [0, 0.05) is 17.2 Å². The zero-order valence-corrected chi connectivity index (χ0v) is 15.0. The minimum atomic E-state index is -3.24. The van der Waals surface area contributed by atoms with E-state index < -0.39 is 20.8 Å². The number of hydrogen-bond donors (Lipinski definition) is 0. The summed E-state index contributed by atoms with van der Waals surface area (Å²) in [4.78, 5) is 11.3. The van der Waals surface area contributed by atoms with Gasteiger partial charge in [0.05, 0.1) is 16.7 Å². The fourth-order valence-corrected chi connectivity index (χ4v) is 4.96. The fourth-order valence-electron chi connectivity index (χ4n) is 2.50. The van der Waals surface area contributed by atoms with E-state index in [1.165, 1.54) is 23.4 Å². The van der Waals surface area contributed by atoms with Crippen molar-refractivity contribution >= 4 is 33.2 Å². The van der Waals surface area contributed by atoms with E-state index in [0.29, 0.717) is 4.90 Å². The van der Waals surface area contributed by atoms with Crippen molar-refractivity contribution in [1.82, 2.24) is 0 Å². The van der Waals surface area contributed by atoms with Crippen molar-refractivity contribution in [3.63, 3.8) is 0 Å². The predicted octanol–water partition coefficient (Wildman–Crippen LogP) is 3.73. The number of nitrogens with zero attached hydrogens (tertiary/aromatic N) is 2. The summed E-state index contributed by atoms with van der Waals surface area (Å²) in [5.74, 6) is -0.0471. The van der Waals surface area contributed by atoms with E-state index in [1.807, 2.05) is 35.5 Å². The Bertz CT molecular complexity index is 924. The molecule has 0 saturated heterocycles. The molecule has 2 aromatic carbocycles. The molecule has 0 aromatic heterocycles. The molecule has 25 heavy (non-hydrogen) atoms. The molecular weight excluding hydrogens is 360 g/mol. The van der Waals surface area contributed by atoms with Crippen LogP contribution in [-0.2, 0) is 9.84 Å². The van der Waals surface area contributed by atoms with Crippen LogP contribution in [0.5, 0.6) is 0 Å². The molecule has 0 fully saturated rings. The molecule has 6 nitrogen and oxygen atoms in total. The number of anilines is 1. The summed E-state index contributed by atoms with van der Waals surface area (Å²) in [6.45, 7) is 1.96. The van der Waals surface area contributed by atoms with Crippen molar-refractivity contribution in [2.75, 3.05) is 10.1 Å². The van der Waals surface area contributed by atoms with Crippen LogP contribution >= 0.6 is 11.9 Å². The van der Waals surface area contributed by atoms with Crippen LogP contribution in [0, 0.1) is 17.0 Å². The van der Waals surface area contributed by atoms with Crippen LogP contribution in [0.25, 0.3) is 0 Å². The van der Waals surface area contributed by atoms with Crippen molar-refractivity contribution in [3.8, 4) is 0 Å². The van der Waals surface area contributed by atoms with Gasteiger partial charge in [-0.05, 0) is 43.1 Å². The van der Waals surface area contributed by atoms with Gasteiger partial charge in [-0.25, -0.2) is 8.42 Å². The minimum Gasteiger partial charge on any atom is -0.304 e. The summed E-state index contributed by atoms with van der Waals surface area (Å²) in [6, 6.07) is 13.7. The number of rotatable bonds is 5. The monoisotopic (exact) mass is 376 g/mol. The number of sulfone groups is 1. The number of para-hydroxylation sites is 1. The predicted molar refractivity (Wildman–Crippen MR) is 99.3 cm³/mol. The van der Waals surface area contributed by atoms with Gasteiger partial charge >= 0.3 is 0 Å². The summed E-state index contributed by atoms with van der Waals surface area (Å²) in [5.41, 5.74) is 1.86. The number of nitro benzene ring substituents is 1. The number of benzene rings is 2. The van der Waals surface area contributed by atoms with E-state index in [-0.39, 0.29) is 11.4 Å². The Kier molecular flexibility index (Phi) is 4.82. The first-order chi connectivity index (χ1) is 11.9. The van der Waals surface area contributed by atoms with Gasteiger partial charge in [0.2, 0.25) is 0 Å². The third kappa shape index (κ3) is 4.02. The third-order valence-electron chi connectivity index (χ3n) is 3.76. The zero-order valence-electron chi connectivity index (χ0n) is 13.4. The first kappa shape index (κ1) is 17.5. The zero-order chi connectivity index (χ0) is 18.0. The topological polar surface area (TPSA) is 80.5 Å². The van der Waals surface area contributed by atoms with E-state index >= 15 is 0 Å². The number of hydrogen-bond acceptors (Lipinski definition) is 6. The molecule has 1 heterocycles. The molecule has 0 radical (unpaired) electrons. The second-order valence-electron chi connectivity index (χ2n) is 5.70. The van der Waals surface area contributed by atoms with Crippen LogP contribution in [0.4, 0.5) is 11.4 Å². The van der Waals surface area contributed by atoms with Gasteiger partial charge in [-0.1, -0.05) is 29.8 Å². The molecule has 0 spiro atoms. The summed E-state index contributed by atoms with van der Waals surface area (Å²) >= 11 is 1.18. The van der Waals surface area contributed by atoms with Gasteiger partial charge in [-0.3, -0.25) is 10.1 Å². The average molecular weight is 376 g/mol. The molecule has 2 aromatic rings. The Morgan fingerprint density at radius 2 is 1.84 bits per heavy atom. The molecule has 8 heteroatoms. The molecule has 3 rings (SSSR count). The molecule has 1 unspecified atom stereocenters. The van der Waals surface area contributed by atoms with Crippen LogP contribution in [-0.4, -0.2) is 25.1 Å². The second-order valence-corrected chi connectivity index (χ2v) is 8.65. The van der Waals surface area contributed by atoms with E-state index in [0.717, 1.165) is 11.3 Å². The third-order valence-corrected chi connectivity index (χ3v) is 6.36. The standard InChI is InChI=1S/C17H16N2O4S2/c1-13-6-8-14(9-7-13)18(15-10-11-25(22,23)12-15)24-17-5-3-2-4-16(17)19(20)21/h2-11,15H,12H2,1H3. The minimum absolute atomic E-state index is 0.00514. The quantitative estimate of drug-likeness (QED) is 0.449. The molecular formula is C17H16N2O4S2. The normalized spacial score (nSPS) is 18.2. The van der Waals surface area contributed by atoms with E-state index in [2.05, 4.69) is 0 Å². The molecule has 0 saturated carbocycles. The lowest BCUT2D eigenvalue weighted by atomic mass is 10.2. The van der Waals surface area contributed by atoms with Gasteiger partial charge in [0.1, 0.15) is 4.90 Å². The highest BCUT2D eigenvalue weighted by Crippen LogP contribution is 2.37. The van der Waals surface area contributed by atoms with Crippen LogP contribution in [0.2, 0.25) is 0 Å². The van der Waals surface area contributed by atoms with Crippen LogP contribution < -0.4 is 4.31 Å². The Morgan fingerprint density at radius 3 is 2.44 bits per heavy atom. The second kappa shape index (κ2) is 6.89. The molecule has 1 aliphatic heterocycles. The highest BCUT2D eigenvalue weighted by Gasteiger charge is 2.30. The van der Waals surface area contributed by atoms with Crippen molar-refractivity contribution in [2.45, 2.75) is 17.9 Å². The molecule has 0 bridgehead atoms. The smallest absolute Gasteiger partial charge is 0.284 e. The van der Waals surface area contributed by atoms with Crippen LogP contribution in [0.3, 0.4) is 0 Å². The maximum atomic E-state index is 11.8. The summed E-state index contributed by atoms with van der Waals surface area (Å²) in [7, 11) is -3.24. The Morgan fingerprint density at radius 1 is 1.16 bits per heavy atom. The van der Waals surface area contributed by atoms with Crippen LogP contribution in [0.15, 0.2) is 64.9 Å². The van der Waals surface area contributed by atoms with Gasteiger partial charge in [-0.2, -0.15) is 0 Å². The number of aryl methyl sites for hydroxylation is 1. The largest absolute Gasteiger partial charge is 0.304 e. The van der Waals surface area contributed by atoms with Crippen molar-refractivity contribution in [2.24, 2.45) is 0 Å². The van der Waals surface area contributed by atoms with Gasteiger partial charge < -0.3 is 4.31 Å². The van der Waals surface area contributed by atoms with Gasteiger partial charge in [0.25, 0.3) is 5.69 Å². The van der Waals surface area contributed by atoms with Gasteiger partial charge in [-0.15, -0.1) is 0 Å².